The zero-order valence-corrected chi connectivity index (χ0v) is 11.5. The number of carbonyl (C=O) groups is 1. The largest absolute Gasteiger partial charge is 0.325 e. The molecule has 2 N–H and O–H groups in total. The van der Waals surface area contributed by atoms with E-state index in [9.17, 15) is 4.79 Å². The van der Waals surface area contributed by atoms with Gasteiger partial charge in [-0.05, 0) is 31.2 Å². The number of para-hydroxylation sites is 1. The van der Waals surface area contributed by atoms with Crippen molar-refractivity contribution in [2.24, 2.45) is 0 Å². The molecule has 1 atom stereocenters. The molecule has 1 unspecified atom stereocenters. The number of anilines is 1. The van der Waals surface area contributed by atoms with E-state index in [2.05, 4.69) is 15.6 Å². The molecule has 0 aliphatic carbocycles. The summed E-state index contributed by atoms with van der Waals surface area (Å²) in [5.74, 6) is -0.0304. The third kappa shape index (κ3) is 4.48. The summed E-state index contributed by atoms with van der Waals surface area (Å²) in [6.45, 7) is 2.58. The third-order valence-electron chi connectivity index (χ3n) is 2.99. The molecule has 4 nitrogen and oxygen atoms in total. The topological polar surface area (TPSA) is 54.0 Å². The number of nitrogens with zero attached hydrogens (tertiary/aromatic N) is 1. The summed E-state index contributed by atoms with van der Waals surface area (Å²) in [6, 6.07) is 15.1. The van der Waals surface area contributed by atoms with Crippen molar-refractivity contribution in [3.63, 3.8) is 0 Å². The number of hydrogen-bond donors (Lipinski definition) is 2. The van der Waals surface area contributed by atoms with Crippen LogP contribution in [0.1, 0.15) is 12.6 Å². The Hall–Kier alpha value is -2.20. The second-order valence-electron chi connectivity index (χ2n) is 4.60. The average molecular weight is 269 g/mol. The maximum atomic E-state index is 12.0. The normalized spacial score (nSPS) is 11.8. The second kappa shape index (κ2) is 7.40. The molecule has 0 aliphatic rings. The van der Waals surface area contributed by atoms with Gasteiger partial charge in [-0.15, -0.1) is 0 Å². The van der Waals surface area contributed by atoms with E-state index < -0.39 is 0 Å². The summed E-state index contributed by atoms with van der Waals surface area (Å²) in [5.41, 5.74) is 1.84. The molecule has 0 bridgehead atoms. The molecule has 0 radical (unpaired) electrons. The van der Waals surface area contributed by atoms with Crippen molar-refractivity contribution < 1.29 is 4.79 Å². The minimum Gasteiger partial charge on any atom is -0.325 e. The molecule has 0 fully saturated rings. The van der Waals surface area contributed by atoms with Crippen LogP contribution < -0.4 is 10.6 Å². The van der Waals surface area contributed by atoms with Crippen molar-refractivity contribution in [3.05, 3.63) is 60.4 Å². The van der Waals surface area contributed by atoms with Crippen LogP contribution in [0.25, 0.3) is 0 Å². The first-order chi connectivity index (χ1) is 9.75. The van der Waals surface area contributed by atoms with Gasteiger partial charge in [0.2, 0.25) is 5.91 Å². The first-order valence-corrected chi connectivity index (χ1v) is 6.75. The SMILES string of the molecule is CC(NCCc1ccccn1)C(=O)Nc1ccccc1. The first kappa shape index (κ1) is 14.2. The van der Waals surface area contributed by atoms with Gasteiger partial charge in [-0.2, -0.15) is 0 Å². The number of pyridine rings is 1. The summed E-state index contributed by atoms with van der Waals surface area (Å²) >= 11 is 0. The highest BCUT2D eigenvalue weighted by Gasteiger charge is 2.11. The Kier molecular flexibility index (Phi) is 5.26. The van der Waals surface area contributed by atoms with Gasteiger partial charge in [0.25, 0.3) is 0 Å². The highest BCUT2D eigenvalue weighted by atomic mass is 16.2. The van der Waals surface area contributed by atoms with Crippen molar-refractivity contribution in [1.29, 1.82) is 0 Å². The quantitative estimate of drug-likeness (QED) is 0.845. The van der Waals surface area contributed by atoms with E-state index in [1.54, 1.807) is 6.20 Å². The minimum atomic E-state index is -0.237. The number of nitrogens with one attached hydrogen (secondary N) is 2. The Bertz CT molecular complexity index is 528. The van der Waals surface area contributed by atoms with Gasteiger partial charge in [-0.3, -0.25) is 9.78 Å². The predicted octanol–water partition coefficient (Wildman–Crippen LogP) is 2.24. The predicted molar refractivity (Wildman–Crippen MR) is 80.5 cm³/mol. The Morgan fingerprint density at radius 1 is 1.15 bits per heavy atom. The molecule has 2 aromatic rings. The number of hydrogen-bond acceptors (Lipinski definition) is 3. The lowest BCUT2D eigenvalue weighted by atomic mass is 10.2. The number of amides is 1. The number of carbonyl (C=O) groups excluding carboxylic acids is 1. The van der Waals surface area contributed by atoms with Gasteiger partial charge in [0.1, 0.15) is 0 Å². The minimum absolute atomic E-state index is 0.0304. The molecular formula is C16H19N3O. The molecule has 104 valence electrons. The summed E-state index contributed by atoms with van der Waals surface area (Å²) in [5, 5.41) is 6.07. The Balaban J connectivity index is 1.74. The highest BCUT2D eigenvalue weighted by molar-refractivity contribution is 5.94. The number of benzene rings is 1. The summed E-state index contributed by atoms with van der Waals surface area (Å²) in [6.07, 6.45) is 2.59. The fraction of sp³-hybridized carbons (Fsp3) is 0.250. The Morgan fingerprint density at radius 2 is 1.90 bits per heavy atom. The molecule has 2 rings (SSSR count). The summed E-state index contributed by atoms with van der Waals surface area (Å²) < 4.78 is 0. The smallest absolute Gasteiger partial charge is 0.241 e. The third-order valence-corrected chi connectivity index (χ3v) is 2.99. The molecule has 20 heavy (non-hydrogen) atoms. The lowest BCUT2D eigenvalue weighted by molar-refractivity contribution is -0.117. The van der Waals surface area contributed by atoms with Crippen LogP contribution in [0.2, 0.25) is 0 Å². The van der Waals surface area contributed by atoms with E-state index in [4.69, 9.17) is 0 Å². The van der Waals surface area contributed by atoms with Crippen LogP contribution in [0.4, 0.5) is 5.69 Å². The maximum absolute atomic E-state index is 12.0. The molecule has 0 aliphatic heterocycles. The lowest BCUT2D eigenvalue weighted by Gasteiger charge is -2.13. The highest BCUT2D eigenvalue weighted by Crippen LogP contribution is 2.05. The van der Waals surface area contributed by atoms with E-state index in [1.807, 2.05) is 55.5 Å². The van der Waals surface area contributed by atoms with Crippen LogP contribution in [0.5, 0.6) is 0 Å². The van der Waals surface area contributed by atoms with Gasteiger partial charge in [-0.25, -0.2) is 0 Å². The van der Waals surface area contributed by atoms with Crippen LogP contribution >= 0.6 is 0 Å². The molecule has 1 aromatic carbocycles. The molecule has 1 heterocycles. The van der Waals surface area contributed by atoms with Crippen LogP contribution in [0.3, 0.4) is 0 Å². The monoisotopic (exact) mass is 269 g/mol. The molecule has 4 heteroatoms. The van der Waals surface area contributed by atoms with E-state index in [0.29, 0.717) is 0 Å². The summed E-state index contributed by atoms with van der Waals surface area (Å²) in [7, 11) is 0. The van der Waals surface area contributed by atoms with Crippen molar-refractivity contribution in [2.45, 2.75) is 19.4 Å². The standard InChI is InChI=1S/C16H19N3O/c1-13(16(20)19-15-8-3-2-4-9-15)17-12-10-14-7-5-6-11-18-14/h2-9,11,13,17H,10,12H2,1H3,(H,19,20). The Labute approximate surface area is 119 Å². The zero-order chi connectivity index (χ0) is 14.2. The van der Waals surface area contributed by atoms with Crippen LogP contribution in [-0.2, 0) is 11.2 Å². The van der Waals surface area contributed by atoms with Crippen LogP contribution in [-0.4, -0.2) is 23.5 Å². The summed E-state index contributed by atoms with van der Waals surface area (Å²) in [4.78, 5) is 16.2. The van der Waals surface area contributed by atoms with Crippen LogP contribution in [0.15, 0.2) is 54.7 Å². The van der Waals surface area contributed by atoms with Gasteiger partial charge in [0.15, 0.2) is 0 Å². The van der Waals surface area contributed by atoms with E-state index in [0.717, 1.165) is 24.3 Å². The number of rotatable bonds is 6. The zero-order valence-electron chi connectivity index (χ0n) is 11.5. The van der Waals surface area contributed by atoms with E-state index >= 15 is 0 Å². The van der Waals surface area contributed by atoms with Gasteiger partial charge in [0, 0.05) is 30.5 Å². The van der Waals surface area contributed by atoms with Gasteiger partial charge < -0.3 is 10.6 Å². The number of aromatic nitrogens is 1. The molecule has 1 amide bonds. The van der Waals surface area contributed by atoms with Gasteiger partial charge in [-0.1, -0.05) is 24.3 Å². The molecule has 1 aromatic heterocycles. The molecule has 0 spiro atoms. The fourth-order valence-electron chi connectivity index (χ4n) is 1.83. The van der Waals surface area contributed by atoms with Crippen molar-refractivity contribution in [2.75, 3.05) is 11.9 Å². The van der Waals surface area contributed by atoms with Gasteiger partial charge >= 0.3 is 0 Å². The lowest BCUT2D eigenvalue weighted by Crippen LogP contribution is -2.39. The second-order valence-corrected chi connectivity index (χ2v) is 4.60. The molecule has 0 saturated heterocycles. The van der Waals surface area contributed by atoms with Gasteiger partial charge in [0.05, 0.1) is 6.04 Å². The molecular weight excluding hydrogens is 250 g/mol. The molecule has 0 saturated carbocycles. The Morgan fingerprint density at radius 3 is 2.60 bits per heavy atom. The van der Waals surface area contributed by atoms with Crippen molar-refractivity contribution in [3.8, 4) is 0 Å². The van der Waals surface area contributed by atoms with E-state index in [-0.39, 0.29) is 11.9 Å². The van der Waals surface area contributed by atoms with E-state index in [1.165, 1.54) is 0 Å². The van der Waals surface area contributed by atoms with Crippen molar-refractivity contribution in [1.82, 2.24) is 10.3 Å². The van der Waals surface area contributed by atoms with Crippen molar-refractivity contribution >= 4 is 11.6 Å². The fourth-order valence-corrected chi connectivity index (χ4v) is 1.83. The maximum Gasteiger partial charge on any atom is 0.241 e. The first-order valence-electron chi connectivity index (χ1n) is 6.75. The average Bonchev–Trinajstić information content (AvgIpc) is 2.49. The van der Waals surface area contributed by atoms with Crippen LogP contribution in [0, 0.1) is 0 Å².